The van der Waals surface area contributed by atoms with Crippen LogP contribution >= 0.6 is 11.6 Å². The summed E-state index contributed by atoms with van der Waals surface area (Å²) < 4.78 is 16.0. The molecule has 2 aromatic carbocycles. The highest BCUT2D eigenvalue weighted by Crippen LogP contribution is 2.31. The molecule has 1 atom stereocenters. The fraction of sp³-hybridized carbons (Fsp3) is 0.176. The number of hydrogen-bond acceptors (Lipinski definition) is 5. The van der Waals surface area contributed by atoms with Crippen LogP contribution in [0.25, 0.3) is 0 Å². The standard InChI is InChI=1S/C17H13ClO5/c18-12-7-5-11(6-8-12)13(19)9-22-17(20)16-10-21-14-3-1-2-4-15(14)23-16/h1-8,16H,9-10H2. The Morgan fingerprint density at radius 1 is 1.09 bits per heavy atom. The van der Waals surface area contributed by atoms with Crippen molar-refractivity contribution in [3.63, 3.8) is 0 Å². The Bertz CT molecular complexity index is 726. The number of ketones is 1. The first-order valence-electron chi connectivity index (χ1n) is 6.97. The van der Waals surface area contributed by atoms with E-state index in [4.69, 9.17) is 25.8 Å². The van der Waals surface area contributed by atoms with Gasteiger partial charge >= 0.3 is 5.97 Å². The zero-order chi connectivity index (χ0) is 16.2. The van der Waals surface area contributed by atoms with E-state index in [0.717, 1.165) is 0 Å². The van der Waals surface area contributed by atoms with Crippen LogP contribution in [0.1, 0.15) is 10.4 Å². The Morgan fingerprint density at radius 2 is 1.78 bits per heavy atom. The minimum absolute atomic E-state index is 0.0466. The van der Waals surface area contributed by atoms with Gasteiger partial charge in [0.15, 0.2) is 23.9 Å². The molecule has 0 amide bonds. The van der Waals surface area contributed by atoms with Crippen LogP contribution < -0.4 is 9.47 Å². The highest BCUT2D eigenvalue weighted by Gasteiger charge is 2.29. The summed E-state index contributed by atoms with van der Waals surface area (Å²) in [5, 5.41) is 0.532. The van der Waals surface area contributed by atoms with Crippen LogP contribution in [0.15, 0.2) is 48.5 Å². The van der Waals surface area contributed by atoms with Gasteiger partial charge in [-0.3, -0.25) is 4.79 Å². The first-order chi connectivity index (χ1) is 11.1. The number of halogens is 1. The second kappa shape index (κ2) is 6.71. The monoisotopic (exact) mass is 332 g/mol. The first kappa shape index (κ1) is 15.4. The predicted octanol–water partition coefficient (Wildman–Crippen LogP) is 2.91. The molecule has 0 aliphatic carbocycles. The van der Waals surface area contributed by atoms with Crippen LogP contribution in [-0.2, 0) is 9.53 Å². The number of ether oxygens (including phenoxy) is 3. The van der Waals surface area contributed by atoms with Crippen LogP contribution in [0.4, 0.5) is 0 Å². The van der Waals surface area contributed by atoms with Gasteiger partial charge < -0.3 is 14.2 Å². The molecule has 6 heteroatoms. The van der Waals surface area contributed by atoms with Crippen molar-refractivity contribution in [2.24, 2.45) is 0 Å². The van der Waals surface area contributed by atoms with Crippen LogP contribution in [0.5, 0.6) is 11.5 Å². The lowest BCUT2D eigenvalue weighted by molar-refractivity contribution is -0.153. The van der Waals surface area contributed by atoms with E-state index in [1.165, 1.54) is 0 Å². The summed E-state index contributed by atoms with van der Waals surface area (Å²) in [6.07, 6.45) is -0.886. The van der Waals surface area contributed by atoms with Gasteiger partial charge in [0.1, 0.15) is 6.61 Å². The maximum absolute atomic E-state index is 12.0. The van der Waals surface area contributed by atoms with Gasteiger partial charge in [-0.05, 0) is 36.4 Å². The molecule has 2 aromatic rings. The highest BCUT2D eigenvalue weighted by molar-refractivity contribution is 6.30. The predicted molar refractivity (Wildman–Crippen MR) is 83.1 cm³/mol. The average Bonchev–Trinajstić information content (AvgIpc) is 2.59. The molecule has 0 radical (unpaired) electrons. The summed E-state index contributed by atoms with van der Waals surface area (Å²) >= 11 is 5.76. The topological polar surface area (TPSA) is 61.8 Å². The molecule has 1 heterocycles. The number of carbonyl (C=O) groups is 2. The summed E-state index contributed by atoms with van der Waals surface area (Å²) in [5.74, 6) is 0.104. The van der Waals surface area contributed by atoms with E-state index in [1.54, 1.807) is 42.5 Å². The Hall–Kier alpha value is -2.53. The zero-order valence-corrected chi connectivity index (χ0v) is 12.8. The summed E-state index contributed by atoms with van der Waals surface area (Å²) in [4.78, 5) is 23.9. The minimum atomic E-state index is -0.886. The molecule has 0 saturated carbocycles. The van der Waals surface area contributed by atoms with Crippen molar-refractivity contribution in [2.75, 3.05) is 13.2 Å². The molecule has 23 heavy (non-hydrogen) atoms. The van der Waals surface area contributed by atoms with Gasteiger partial charge in [-0.1, -0.05) is 23.7 Å². The number of carbonyl (C=O) groups excluding carboxylic acids is 2. The second-order valence-electron chi connectivity index (χ2n) is 4.90. The number of rotatable bonds is 4. The number of fused-ring (bicyclic) bond motifs is 1. The van der Waals surface area contributed by atoms with E-state index in [-0.39, 0.29) is 19.0 Å². The number of para-hydroxylation sites is 2. The van der Waals surface area contributed by atoms with Crippen molar-refractivity contribution in [1.82, 2.24) is 0 Å². The van der Waals surface area contributed by atoms with Gasteiger partial charge in [-0.15, -0.1) is 0 Å². The van der Waals surface area contributed by atoms with Gasteiger partial charge in [0, 0.05) is 10.6 Å². The van der Waals surface area contributed by atoms with Crippen LogP contribution in [-0.4, -0.2) is 31.1 Å². The van der Waals surface area contributed by atoms with Crippen molar-refractivity contribution >= 4 is 23.4 Å². The quantitative estimate of drug-likeness (QED) is 0.636. The lowest BCUT2D eigenvalue weighted by atomic mass is 10.1. The van der Waals surface area contributed by atoms with Gasteiger partial charge in [-0.2, -0.15) is 0 Å². The van der Waals surface area contributed by atoms with Crippen LogP contribution in [0.3, 0.4) is 0 Å². The largest absolute Gasteiger partial charge is 0.485 e. The molecular formula is C17H13ClO5. The molecule has 1 aliphatic heterocycles. The molecule has 0 spiro atoms. The zero-order valence-electron chi connectivity index (χ0n) is 12.0. The van der Waals surface area contributed by atoms with Crippen molar-refractivity contribution < 1.29 is 23.8 Å². The summed E-state index contributed by atoms with van der Waals surface area (Å²) in [5.41, 5.74) is 0.424. The Morgan fingerprint density at radius 3 is 2.52 bits per heavy atom. The summed E-state index contributed by atoms with van der Waals surface area (Å²) in [6, 6.07) is 13.4. The normalized spacial score (nSPS) is 15.8. The van der Waals surface area contributed by atoms with Crippen LogP contribution in [0, 0.1) is 0 Å². The Kier molecular flexibility index (Phi) is 4.48. The van der Waals surface area contributed by atoms with E-state index in [0.29, 0.717) is 22.1 Å². The van der Waals surface area contributed by atoms with Gasteiger partial charge in [0.05, 0.1) is 0 Å². The van der Waals surface area contributed by atoms with E-state index < -0.39 is 12.1 Å². The molecule has 0 bridgehead atoms. The highest BCUT2D eigenvalue weighted by atomic mass is 35.5. The second-order valence-corrected chi connectivity index (χ2v) is 5.34. The third-order valence-corrected chi connectivity index (χ3v) is 3.54. The maximum Gasteiger partial charge on any atom is 0.351 e. The number of hydrogen-bond donors (Lipinski definition) is 0. The fourth-order valence-electron chi connectivity index (χ4n) is 2.08. The summed E-state index contributed by atoms with van der Waals surface area (Å²) in [6.45, 7) is -0.313. The maximum atomic E-state index is 12.0. The fourth-order valence-corrected chi connectivity index (χ4v) is 2.21. The molecule has 0 fully saturated rings. The molecule has 0 aromatic heterocycles. The molecule has 0 N–H and O–H groups in total. The summed E-state index contributed by atoms with van der Waals surface area (Å²) in [7, 11) is 0. The van der Waals surface area contributed by atoms with E-state index in [1.807, 2.05) is 6.07 Å². The molecule has 1 unspecified atom stereocenters. The molecule has 3 rings (SSSR count). The third kappa shape index (κ3) is 3.63. The van der Waals surface area contributed by atoms with Crippen molar-refractivity contribution in [1.29, 1.82) is 0 Å². The van der Waals surface area contributed by atoms with Crippen molar-refractivity contribution in [2.45, 2.75) is 6.10 Å². The van der Waals surface area contributed by atoms with Gasteiger partial charge in [-0.25, -0.2) is 4.79 Å². The van der Waals surface area contributed by atoms with Crippen molar-refractivity contribution in [3.8, 4) is 11.5 Å². The smallest absolute Gasteiger partial charge is 0.351 e. The number of Topliss-reactive ketones (excluding diaryl/α,β-unsaturated/α-hetero) is 1. The first-order valence-corrected chi connectivity index (χ1v) is 7.35. The lowest BCUT2D eigenvalue weighted by Gasteiger charge is -2.24. The number of benzene rings is 2. The lowest BCUT2D eigenvalue weighted by Crippen LogP contribution is -2.38. The molecule has 0 saturated heterocycles. The molecule has 1 aliphatic rings. The average molecular weight is 333 g/mol. The Balaban J connectivity index is 1.56. The molecular weight excluding hydrogens is 320 g/mol. The Labute approximate surface area is 137 Å². The van der Waals surface area contributed by atoms with E-state index in [9.17, 15) is 9.59 Å². The van der Waals surface area contributed by atoms with Gasteiger partial charge in [0.25, 0.3) is 0 Å². The minimum Gasteiger partial charge on any atom is -0.485 e. The van der Waals surface area contributed by atoms with Gasteiger partial charge in [0.2, 0.25) is 6.10 Å². The van der Waals surface area contributed by atoms with Crippen molar-refractivity contribution in [3.05, 3.63) is 59.1 Å². The van der Waals surface area contributed by atoms with E-state index >= 15 is 0 Å². The molecule has 118 valence electrons. The SMILES string of the molecule is O=C(COC(=O)C1COc2ccccc2O1)c1ccc(Cl)cc1. The number of esters is 1. The van der Waals surface area contributed by atoms with E-state index in [2.05, 4.69) is 0 Å². The molecule has 5 nitrogen and oxygen atoms in total. The third-order valence-electron chi connectivity index (χ3n) is 3.28. The van der Waals surface area contributed by atoms with Crippen LogP contribution in [0.2, 0.25) is 5.02 Å².